The van der Waals surface area contributed by atoms with Crippen LogP contribution in [0.4, 0.5) is 0 Å². The molecule has 0 aliphatic heterocycles. The molecule has 1 fully saturated rings. The molecule has 11 heavy (non-hydrogen) atoms. The molecule has 58 valence electrons. The van der Waals surface area contributed by atoms with E-state index in [0.717, 1.165) is 10.4 Å². The number of rotatable bonds is 1. The second-order valence-electron chi connectivity index (χ2n) is 2.98. The average Bonchev–Trinajstić information content (AvgIpc) is 2.70. The Hall–Kier alpha value is -0.500. The molecule has 0 bridgehead atoms. The minimum atomic E-state index is 0.335. The monoisotopic (exact) mass is 212 g/mol. The van der Waals surface area contributed by atoms with Crippen molar-refractivity contribution < 1.29 is 5.11 Å². The van der Waals surface area contributed by atoms with Gasteiger partial charge in [-0.1, -0.05) is 22.0 Å². The van der Waals surface area contributed by atoms with Gasteiger partial charge in [0.1, 0.15) is 5.75 Å². The van der Waals surface area contributed by atoms with Gasteiger partial charge < -0.3 is 5.11 Å². The standard InChI is InChI=1S/C9H9BrO/c10-9-5-7(11)3-4-8(9)6-1-2-6/h3-6,11H,1-2H2. The van der Waals surface area contributed by atoms with Gasteiger partial charge in [-0.2, -0.15) is 0 Å². The van der Waals surface area contributed by atoms with Gasteiger partial charge in [0, 0.05) is 4.47 Å². The Morgan fingerprint density at radius 1 is 1.36 bits per heavy atom. The highest BCUT2D eigenvalue weighted by atomic mass is 79.9. The van der Waals surface area contributed by atoms with Gasteiger partial charge in [0.2, 0.25) is 0 Å². The molecule has 0 aromatic heterocycles. The number of phenolic OH excluding ortho intramolecular Hbond substituents is 1. The van der Waals surface area contributed by atoms with E-state index in [1.54, 1.807) is 12.1 Å². The molecule has 0 spiro atoms. The van der Waals surface area contributed by atoms with Crippen LogP contribution in [0.5, 0.6) is 5.75 Å². The van der Waals surface area contributed by atoms with Crippen molar-refractivity contribution in [3.63, 3.8) is 0 Å². The molecule has 1 nitrogen and oxygen atoms in total. The molecule has 1 N–H and O–H groups in total. The SMILES string of the molecule is Oc1ccc(C2CC2)c(Br)c1. The molecule has 1 aliphatic carbocycles. The van der Waals surface area contributed by atoms with Crippen molar-refractivity contribution in [1.82, 2.24) is 0 Å². The second kappa shape index (κ2) is 2.52. The summed E-state index contributed by atoms with van der Waals surface area (Å²) >= 11 is 3.43. The fourth-order valence-corrected chi connectivity index (χ4v) is 1.93. The highest BCUT2D eigenvalue weighted by Gasteiger charge is 2.25. The lowest BCUT2D eigenvalue weighted by atomic mass is 10.1. The minimum absolute atomic E-state index is 0.335. The first-order valence-electron chi connectivity index (χ1n) is 3.76. The van der Waals surface area contributed by atoms with E-state index in [1.165, 1.54) is 18.4 Å². The summed E-state index contributed by atoms with van der Waals surface area (Å²) in [4.78, 5) is 0. The largest absolute Gasteiger partial charge is 0.508 e. The Kier molecular flexibility index (Phi) is 1.64. The van der Waals surface area contributed by atoms with Crippen molar-refractivity contribution in [3.8, 4) is 5.75 Å². The quantitative estimate of drug-likeness (QED) is 0.760. The van der Waals surface area contributed by atoms with Gasteiger partial charge in [0.25, 0.3) is 0 Å². The first kappa shape index (κ1) is 7.17. The smallest absolute Gasteiger partial charge is 0.116 e. The van der Waals surface area contributed by atoms with E-state index in [1.807, 2.05) is 6.07 Å². The van der Waals surface area contributed by atoms with E-state index in [2.05, 4.69) is 15.9 Å². The molecule has 1 aromatic carbocycles. The topological polar surface area (TPSA) is 20.2 Å². The number of phenols is 1. The van der Waals surface area contributed by atoms with Gasteiger partial charge in [-0.25, -0.2) is 0 Å². The molecule has 0 saturated heterocycles. The molecule has 1 saturated carbocycles. The highest BCUT2D eigenvalue weighted by molar-refractivity contribution is 9.10. The van der Waals surface area contributed by atoms with Crippen molar-refractivity contribution >= 4 is 15.9 Å². The molecule has 2 rings (SSSR count). The number of halogens is 1. The summed E-state index contributed by atoms with van der Waals surface area (Å²) < 4.78 is 1.04. The number of aromatic hydroxyl groups is 1. The van der Waals surface area contributed by atoms with Gasteiger partial charge in [-0.3, -0.25) is 0 Å². The highest BCUT2D eigenvalue weighted by Crippen LogP contribution is 2.43. The molecular weight excluding hydrogens is 204 g/mol. The molecular formula is C9H9BrO. The second-order valence-corrected chi connectivity index (χ2v) is 3.83. The number of benzene rings is 1. The summed E-state index contributed by atoms with van der Waals surface area (Å²) in [6, 6.07) is 5.50. The van der Waals surface area contributed by atoms with Crippen molar-refractivity contribution in [2.75, 3.05) is 0 Å². The van der Waals surface area contributed by atoms with Crippen LogP contribution in [0.1, 0.15) is 24.3 Å². The normalized spacial score (nSPS) is 16.8. The molecule has 1 aromatic rings. The van der Waals surface area contributed by atoms with Gasteiger partial charge in [-0.05, 0) is 36.5 Å². The van der Waals surface area contributed by atoms with Crippen LogP contribution >= 0.6 is 15.9 Å². The Morgan fingerprint density at radius 2 is 2.09 bits per heavy atom. The van der Waals surface area contributed by atoms with E-state index in [9.17, 15) is 0 Å². The van der Waals surface area contributed by atoms with Crippen LogP contribution in [0, 0.1) is 0 Å². The fraction of sp³-hybridized carbons (Fsp3) is 0.333. The van der Waals surface area contributed by atoms with Crippen LogP contribution < -0.4 is 0 Å². The number of hydrogen-bond acceptors (Lipinski definition) is 1. The predicted octanol–water partition coefficient (Wildman–Crippen LogP) is 3.03. The molecule has 0 amide bonds. The molecule has 0 heterocycles. The van der Waals surface area contributed by atoms with Gasteiger partial charge in [0.15, 0.2) is 0 Å². The zero-order valence-electron chi connectivity index (χ0n) is 6.05. The summed E-state index contributed by atoms with van der Waals surface area (Å²) in [6.45, 7) is 0. The lowest BCUT2D eigenvalue weighted by Crippen LogP contribution is -1.79. The Bertz CT molecular complexity index is 279. The van der Waals surface area contributed by atoms with Crippen LogP contribution in [0.3, 0.4) is 0 Å². The average molecular weight is 213 g/mol. The van der Waals surface area contributed by atoms with Crippen LogP contribution in [0.2, 0.25) is 0 Å². The lowest BCUT2D eigenvalue weighted by molar-refractivity contribution is 0.474. The lowest BCUT2D eigenvalue weighted by Gasteiger charge is -2.01. The summed E-state index contributed by atoms with van der Waals surface area (Å²) in [5.74, 6) is 1.08. The van der Waals surface area contributed by atoms with Crippen LogP contribution in [-0.2, 0) is 0 Å². The van der Waals surface area contributed by atoms with Crippen molar-refractivity contribution in [3.05, 3.63) is 28.2 Å². The molecule has 0 unspecified atom stereocenters. The molecule has 0 radical (unpaired) electrons. The summed E-state index contributed by atoms with van der Waals surface area (Å²) in [7, 11) is 0. The first-order chi connectivity index (χ1) is 5.27. The predicted molar refractivity (Wildman–Crippen MR) is 47.8 cm³/mol. The third-order valence-corrected chi connectivity index (χ3v) is 2.69. The molecule has 0 atom stereocenters. The number of hydrogen-bond donors (Lipinski definition) is 1. The van der Waals surface area contributed by atoms with Crippen molar-refractivity contribution in [1.29, 1.82) is 0 Å². The van der Waals surface area contributed by atoms with Gasteiger partial charge >= 0.3 is 0 Å². The summed E-state index contributed by atoms with van der Waals surface area (Å²) in [6.07, 6.45) is 2.59. The summed E-state index contributed by atoms with van der Waals surface area (Å²) in [5.41, 5.74) is 1.34. The minimum Gasteiger partial charge on any atom is -0.508 e. The van der Waals surface area contributed by atoms with E-state index in [-0.39, 0.29) is 0 Å². The molecule has 1 aliphatic rings. The van der Waals surface area contributed by atoms with Gasteiger partial charge in [0.05, 0.1) is 0 Å². The maximum absolute atomic E-state index is 9.11. The van der Waals surface area contributed by atoms with E-state index in [4.69, 9.17) is 5.11 Å². The zero-order valence-corrected chi connectivity index (χ0v) is 7.63. The Balaban J connectivity index is 2.39. The van der Waals surface area contributed by atoms with Crippen LogP contribution in [0.15, 0.2) is 22.7 Å². The van der Waals surface area contributed by atoms with E-state index < -0.39 is 0 Å². The third-order valence-electron chi connectivity index (χ3n) is 2.00. The zero-order chi connectivity index (χ0) is 7.84. The third kappa shape index (κ3) is 1.41. The van der Waals surface area contributed by atoms with Crippen LogP contribution in [0.25, 0.3) is 0 Å². The summed E-state index contributed by atoms with van der Waals surface area (Å²) in [5, 5.41) is 9.11. The van der Waals surface area contributed by atoms with Crippen molar-refractivity contribution in [2.24, 2.45) is 0 Å². The van der Waals surface area contributed by atoms with E-state index in [0.29, 0.717) is 5.75 Å². The van der Waals surface area contributed by atoms with Crippen LogP contribution in [-0.4, -0.2) is 5.11 Å². The van der Waals surface area contributed by atoms with Gasteiger partial charge in [-0.15, -0.1) is 0 Å². The Morgan fingerprint density at radius 3 is 2.64 bits per heavy atom. The maximum Gasteiger partial charge on any atom is 0.116 e. The first-order valence-corrected chi connectivity index (χ1v) is 4.55. The van der Waals surface area contributed by atoms with E-state index >= 15 is 0 Å². The fourth-order valence-electron chi connectivity index (χ4n) is 1.24. The Labute approximate surface area is 74.2 Å². The van der Waals surface area contributed by atoms with Crippen molar-refractivity contribution in [2.45, 2.75) is 18.8 Å². The maximum atomic E-state index is 9.11. The molecule has 2 heteroatoms.